The van der Waals surface area contributed by atoms with E-state index in [0.717, 1.165) is 47.4 Å². The lowest BCUT2D eigenvalue weighted by atomic mass is 10.2. The van der Waals surface area contributed by atoms with Crippen LogP contribution >= 0.6 is 11.3 Å². The van der Waals surface area contributed by atoms with Crippen LogP contribution in [-0.2, 0) is 18.3 Å². The van der Waals surface area contributed by atoms with Crippen molar-refractivity contribution in [3.63, 3.8) is 0 Å². The van der Waals surface area contributed by atoms with Crippen LogP contribution in [0.3, 0.4) is 0 Å². The predicted molar refractivity (Wildman–Crippen MR) is 124 cm³/mol. The van der Waals surface area contributed by atoms with Crippen molar-refractivity contribution in [3.05, 3.63) is 53.8 Å². The Labute approximate surface area is 186 Å². The monoisotopic (exact) mass is 437 g/mol. The molecule has 0 bridgehead atoms. The Bertz CT molecular complexity index is 1040. The van der Waals surface area contributed by atoms with E-state index < -0.39 is 0 Å². The number of nitrogens with zero attached hydrogens (tertiary/aromatic N) is 6. The van der Waals surface area contributed by atoms with Crippen molar-refractivity contribution in [3.8, 4) is 10.6 Å². The zero-order chi connectivity index (χ0) is 21.6. The molecule has 1 aliphatic rings. The van der Waals surface area contributed by atoms with Gasteiger partial charge in [-0.25, -0.2) is 4.98 Å². The van der Waals surface area contributed by atoms with Crippen LogP contribution in [0.4, 0.5) is 5.69 Å². The fourth-order valence-corrected chi connectivity index (χ4v) is 4.37. The normalized spacial score (nSPS) is 14.9. The molecule has 9 heteroatoms. The van der Waals surface area contributed by atoms with E-state index >= 15 is 0 Å². The molecule has 0 radical (unpaired) electrons. The van der Waals surface area contributed by atoms with Crippen molar-refractivity contribution in [1.82, 2.24) is 25.0 Å². The van der Waals surface area contributed by atoms with Crippen LogP contribution < -0.4 is 10.2 Å². The standard InChI is InChI=1S/C22H27N7OS/c1-3-23-22(28-11-12-29(20(30)15-28)19-13-25-27(2)14-19)24-10-9-18-16-31-21(26-18)17-7-5-4-6-8-17/h4-8,13-14,16H,3,9-12,15H2,1-2H3,(H,23,24). The Morgan fingerprint density at radius 2 is 2.10 bits per heavy atom. The van der Waals surface area contributed by atoms with Gasteiger partial charge in [-0.05, 0) is 6.92 Å². The summed E-state index contributed by atoms with van der Waals surface area (Å²) < 4.78 is 1.71. The van der Waals surface area contributed by atoms with Crippen molar-refractivity contribution in [2.75, 3.05) is 37.6 Å². The van der Waals surface area contributed by atoms with Crippen molar-refractivity contribution >= 4 is 28.9 Å². The van der Waals surface area contributed by atoms with Crippen LogP contribution in [0.1, 0.15) is 12.6 Å². The number of guanidine groups is 1. The van der Waals surface area contributed by atoms with E-state index in [1.165, 1.54) is 0 Å². The molecule has 0 unspecified atom stereocenters. The van der Waals surface area contributed by atoms with Crippen LogP contribution in [0.25, 0.3) is 10.6 Å². The smallest absolute Gasteiger partial charge is 0.246 e. The number of anilines is 1. The van der Waals surface area contributed by atoms with Gasteiger partial charge in [0.05, 0.1) is 17.6 Å². The number of hydrogen-bond donors (Lipinski definition) is 1. The van der Waals surface area contributed by atoms with Gasteiger partial charge in [-0.2, -0.15) is 5.10 Å². The van der Waals surface area contributed by atoms with Crippen LogP contribution in [0.5, 0.6) is 0 Å². The van der Waals surface area contributed by atoms with E-state index in [2.05, 4.69) is 27.9 Å². The van der Waals surface area contributed by atoms with E-state index in [4.69, 9.17) is 9.98 Å². The molecule has 0 saturated carbocycles. The third-order valence-electron chi connectivity index (χ3n) is 5.06. The molecule has 2 aromatic heterocycles. The Balaban J connectivity index is 1.36. The number of nitrogens with one attached hydrogen (secondary N) is 1. The molecule has 1 N–H and O–H groups in total. The summed E-state index contributed by atoms with van der Waals surface area (Å²) in [7, 11) is 1.85. The largest absolute Gasteiger partial charge is 0.357 e. The summed E-state index contributed by atoms with van der Waals surface area (Å²) in [4.78, 5) is 26.0. The van der Waals surface area contributed by atoms with E-state index in [1.807, 2.05) is 43.3 Å². The zero-order valence-corrected chi connectivity index (χ0v) is 18.7. The van der Waals surface area contributed by atoms with E-state index in [0.29, 0.717) is 19.6 Å². The molecule has 0 spiro atoms. The summed E-state index contributed by atoms with van der Waals surface area (Å²) >= 11 is 1.66. The summed E-state index contributed by atoms with van der Waals surface area (Å²) in [5, 5.41) is 10.6. The maximum absolute atomic E-state index is 12.7. The minimum absolute atomic E-state index is 0.0526. The molecule has 31 heavy (non-hydrogen) atoms. The van der Waals surface area contributed by atoms with E-state index in [9.17, 15) is 4.79 Å². The molecule has 3 aromatic rings. The summed E-state index contributed by atoms with van der Waals surface area (Å²) in [5.41, 5.74) is 3.02. The molecule has 1 fully saturated rings. The molecule has 8 nitrogen and oxygen atoms in total. The van der Waals surface area contributed by atoms with Crippen LogP contribution in [0.2, 0.25) is 0 Å². The summed E-state index contributed by atoms with van der Waals surface area (Å²) in [6.45, 7) is 5.05. The van der Waals surface area contributed by atoms with Crippen LogP contribution in [0.15, 0.2) is 53.1 Å². The number of aryl methyl sites for hydroxylation is 1. The molecule has 1 aromatic carbocycles. The molecule has 3 heterocycles. The first-order valence-electron chi connectivity index (χ1n) is 10.5. The predicted octanol–water partition coefficient (Wildman–Crippen LogP) is 2.40. The number of aliphatic imine (C=N–C) groups is 1. The second-order valence-electron chi connectivity index (χ2n) is 7.33. The molecule has 162 valence electrons. The molecule has 1 saturated heterocycles. The minimum Gasteiger partial charge on any atom is -0.357 e. The molecular formula is C22H27N7OS. The molecule has 4 rings (SSSR count). The highest BCUT2D eigenvalue weighted by atomic mass is 32.1. The third-order valence-corrected chi connectivity index (χ3v) is 6.00. The lowest BCUT2D eigenvalue weighted by Gasteiger charge is -2.35. The Kier molecular flexibility index (Phi) is 6.61. The van der Waals surface area contributed by atoms with Crippen LogP contribution in [0, 0.1) is 0 Å². The summed E-state index contributed by atoms with van der Waals surface area (Å²) in [6, 6.07) is 10.2. The number of hydrogen-bond acceptors (Lipinski definition) is 5. The van der Waals surface area contributed by atoms with Gasteiger partial charge in [-0.1, -0.05) is 30.3 Å². The van der Waals surface area contributed by atoms with Gasteiger partial charge in [0, 0.05) is 56.8 Å². The number of carbonyl (C=O) groups excluding carboxylic acids is 1. The second kappa shape index (κ2) is 9.74. The third kappa shape index (κ3) is 5.11. The van der Waals surface area contributed by atoms with Gasteiger partial charge < -0.3 is 15.1 Å². The summed E-state index contributed by atoms with van der Waals surface area (Å²) in [6.07, 6.45) is 4.36. The van der Waals surface area contributed by atoms with Crippen molar-refractivity contribution < 1.29 is 4.79 Å². The van der Waals surface area contributed by atoms with E-state index in [-0.39, 0.29) is 5.91 Å². The summed E-state index contributed by atoms with van der Waals surface area (Å²) in [5.74, 6) is 0.831. The zero-order valence-electron chi connectivity index (χ0n) is 17.9. The highest BCUT2D eigenvalue weighted by Crippen LogP contribution is 2.23. The lowest BCUT2D eigenvalue weighted by Crippen LogP contribution is -2.55. The van der Waals surface area contributed by atoms with Gasteiger partial charge in [-0.15, -0.1) is 11.3 Å². The highest BCUT2D eigenvalue weighted by Gasteiger charge is 2.27. The lowest BCUT2D eigenvalue weighted by molar-refractivity contribution is -0.120. The average molecular weight is 438 g/mol. The Morgan fingerprint density at radius 1 is 1.26 bits per heavy atom. The fraction of sp³-hybridized carbons (Fsp3) is 0.364. The Hall–Kier alpha value is -3.20. The topological polar surface area (TPSA) is 78.7 Å². The number of carbonyl (C=O) groups is 1. The first-order chi connectivity index (χ1) is 15.1. The minimum atomic E-state index is 0.0526. The maximum Gasteiger partial charge on any atom is 0.246 e. The average Bonchev–Trinajstić information content (AvgIpc) is 3.43. The highest BCUT2D eigenvalue weighted by molar-refractivity contribution is 7.13. The molecule has 1 aliphatic heterocycles. The van der Waals surface area contributed by atoms with Gasteiger partial charge in [0.25, 0.3) is 0 Å². The molecule has 0 aliphatic carbocycles. The maximum atomic E-state index is 12.7. The number of thiazole rings is 1. The van der Waals surface area contributed by atoms with Crippen molar-refractivity contribution in [2.24, 2.45) is 12.0 Å². The first-order valence-corrected chi connectivity index (χ1v) is 11.3. The number of aromatic nitrogens is 3. The molecular weight excluding hydrogens is 410 g/mol. The number of benzene rings is 1. The first kappa shape index (κ1) is 21.0. The number of amides is 1. The van der Waals surface area contributed by atoms with Gasteiger partial charge in [-0.3, -0.25) is 14.5 Å². The van der Waals surface area contributed by atoms with Gasteiger partial charge >= 0.3 is 0 Å². The quantitative estimate of drug-likeness (QED) is 0.473. The van der Waals surface area contributed by atoms with Crippen LogP contribution in [-0.4, -0.2) is 64.3 Å². The Morgan fingerprint density at radius 3 is 2.81 bits per heavy atom. The fourth-order valence-electron chi connectivity index (χ4n) is 3.51. The number of rotatable bonds is 6. The van der Waals surface area contributed by atoms with Gasteiger partial charge in [0.2, 0.25) is 5.91 Å². The molecule has 1 amide bonds. The van der Waals surface area contributed by atoms with Gasteiger partial charge in [0.15, 0.2) is 5.96 Å². The van der Waals surface area contributed by atoms with Crippen molar-refractivity contribution in [2.45, 2.75) is 13.3 Å². The second-order valence-corrected chi connectivity index (χ2v) is 8.19. The SMILES string of the molecule is CCNC(=NCCc1csc(-c2ccccc2)n1)N1CCN(c2cnn(C)c2)C(=O)C1. The van der Waals surface area contributed by atoms with Crippen molar-refractivity contribution in [1.29, 1.82) is 0 Å². The number of piperazine rings is 1. The van der Waals surface area contributed by atoms with E-state index in [1.54, 1.807) is 27.1 Å². The van der Waals surface area contributed by atoms with Gasteiger partial charge in [0.1, 0.15) is 11.6 Å². The molecule has 0 atom stereocenters.